The number of rotatable bonds is 3. The lowest BCUT2D eigenvalue weighted by atomic mass is 9.66. The molecular weight excluding hydrogens is 321 g/mol. The van der Waals surface area contributed by atoms with Crippen molar-refractivity contribution in [2.24, 2.45) is 5.41 Å². The molecule has 0 saturated heterocycles. The molecule has 2 aromatic carbocycles. The maximum atomic E-state index is 13.2. The van der Waals surface area contributed by atoms with Crippen LogP contribution in [0, 0.1) is 11.2 Å². The number of fused-ring (bicyclic) bond motifs is 1. The molecule has 1 saturated carbocycles. The molecule has 0 radical (unpaired) electrons. The lowest BCUT2D eigenvalue weighted by Gasteiger charge is -2.42. The second-order valence-electron chi connectivity index (χ2n) is 7.02. The first-order chi connectivity index (χ1) is 12.0. The number of carboxylic acid groups (broad SMARTS) is 1. The van der Waals surface area contributed by atoms with E-state index in [4.69, 9.17) is 0 Å². The van der Waals surface area contributed by atoms with Crippen molar-refractivity contribution in [2.45, 2.75) is 31.2 Å². The van der Waals surface area contributed by atoms with Crippen LogP contribution in [0.2, 0.25) is 0 Å². The molecule has 4 rings (SSSR count). The fourth-order valence-corrected chi connectivity index (χ4v) is 4.22. The summed E-state index contributed by atoms with van der Waals surface area (Å²) in [7, 11) is 0. The van der Waals surface area contributed by atoms with Crippen LogP contribution >= 0.6 is 0 Å². The van der Waals surface area contributed by atoms with E-state index in [-0.39, 0.29) is 11.2 Å². The molecule has 128 valence electrons. The zero-order valence-electron chi connectivity index (χ0n) is 13.6. The number of halogens is 1. The van der Waals surface area contributed by atoms with Crippen molar-refractivity contribution >= 4 is 12.4 Å². The number of carbonyl (C=O) groups is 2. The van der Waals surface area contributed by atoms with Crippen LogP contribution < -0.4 is 5.32 Å². The summed E-state index contributed by atoms with van der Waals surface area (Å²) < 4.78 is 13.2. The Morgan fingerprint density at radius 1 is 1.08 bits per heavy atom. The molecule has 0 aromatic heterocycles. The molecular formula is C20H18FNO3. The molecule has 2 N–H and O–H groups in total. The summed E-state index contributed by atoms with van der Waals surface area (Å²) in [6.45, 7) is 0. The molecule has 0 bridgehead atoms. The van der Waals surface area contributed by atoms with Crippen molar-refractivity contribution in [2.75, 3.05) is 0 Å². The van der Waals surface area contributed by atoms with Gasteiger partial charge in [-0.3, -0.25) is 0 Å². The number of carbonyl (C=O) groups excluding carboxylic acids is 1. The first-order valence-electron chi connectivity index (χ1n) is 8.36. The molecule has 25 heavy (non-hydrogen) atoms. The molecule has 5 heteroatoms. The monoisotopic (exact) mass is 339 g/mol. The fourth-order valence-electron chi connectivity index (χ4n) is 4.22. The van der Waals surface area contributed by atoms with E-state index < -0.39 is 11.6 Å². The van der Waals surface area contributed by atoms with E-state index in [0.29, 0.717) is 0 Å². The topological polar surface area (TPSA) is 66.4 Å². The van der Waals surface area contributed by atoms with E-state index in [1.807, 2.05) is 18.2 Å². The van der Waals surface area contributed by atoms with Gasteiger partial charge in [0.25, 0.3) is 0 Å². The highest BCUT2D eigenvalue weighted by molar-refractivity contribution is 5.81. The third-order valence-electron chi connectivity index (χ3n) is 5.76. The first-order valence-corrected chi connectivity index (χ1v) is 8.36. The molecule has 2 aliphatic rings. The third kappa shape index (κ3) is 2.34. The van der Waals surface area contributed by atoms with E-state index in [9.17, 15) is 19.1 Å². The minimum absolute atomic E-state index is 0.312. The summed E-state index contributed by atoms with van der Waals surface area (Å²) in [5, 5.41) is 11.9. The molecule has 1 amide bonds. The Bertz CT molecular complexity index is 858. The molecule has 1 atom stereocenters. The van der Waals surface area contributed by atoms with Crippen molar-refractivity contribution in [3.05, 3.63) is 59.4 Å². The highest BCUT2D eigenvalue weighted by atomic mass is 19.1. The van der Waals surface area contributed by atoms with Gasteiger partial charge in [0.1, 0.15) is 11.4 Å². The van der Waals surface area contributed by atoms with Gasteiger partial charge in [0, 0.05) is 5.41 Å². The van der Waals surface area contributed by atoms with Crippen LogP contribution in [0.4, 0.5) is 9.18 Å². The molecule has 0 unspecified atom stereocenters. The van der Waals surface area contributed by atoms with E-state index >= 15 is 0 Å². The predicted octanol–water partition coefficient (Wildman–Crippen LogP) is 3.88. The fraction of sp³-hybridized carbons (Fsp3) is 0.300. The standard InChI is InChI=1S/C20H18FNO3/c21-16-5-3-13(4-6-16)15-2-1-14-7-8-19(9-10-19)20(12-23,17(14)11-15)22-18(24)25/h1-6,11-12,22H,7-10H2,(H,24,25)/t20-/m1/s1. The highest BCUT2D eigenvalue weighted by Crippen LogP contribution is 2.63. The molecule has 2 aromatic rings. The number of nitrogens with one attached hydrogen (secondary N) is 1. The van der Waals surface area contributed by atoms with Crippen LogP contribution in [0.3, 0.4) is 0 Å². The maximum absolute atomic E-state index is 13.2. The van der Waals surface area contributed by atoms with Gasteiger partial charge in [-0.2, -0.15) is 0 Å². The van der Waals surface area contributed by atoms with Gasteiger partial charge in [-0.15, -0.1) is 0 Å². The Hall–Kier alpha value is -2.69. The lowest BCUT2D eigenvalue weighted by molar-refractivity contribution is -0.116. The van der Waals surface area contributed by atoms with E-state index in [0.717, 1.165) is 54.2 Å². The minimum atomic E-state index is -1.21. The SMILES string of the molecule is O=C[C@@]1(NC(=O)O)c2cc(-c3ccc(F)cc3)ccc2CCC12CC2. The lowest BCUT2D eigenvalue weighted by Crippen LogP contribution is -2.55. The van der Waals surface area contributed by atoms with Crippen LogP contribution in [-0.2, 0) is 16.8 Å². The minimum Gasteiger partial charge on any atom is -0.465 e. The average Bonchev–Trinajstić information content (AvgIpc) is 3.39. The second-order valence-corrected chi connectivity index (χ2v) is 7.02. The van der Waals surface area contributed by atoms with Gasteiger partial charge >= 0.3 is 6.09 Å². The quantitative estimate of drug-likeness (QED) is 0.834. The summed E-state index contributed by atoms with van der Waals surface area (Å²) in [6.07, 6.45) is 2.88. The van der Waals surface area contributed by atoms with Crippen molar-refractivity contribution in [3.8, 4) is 11.1 Å². The summed E-state index contributed by atoms with van der Waals surface area (Å²) in [5.74, 6) is -0.312. The Balaban J connectivity index is 1.88. The van der Waals surface area contributed by atoms with Crippen LogP contribution in [0.25, 0.3) is 11.1 Å². The van der Waals surface area contributed by atoms with Gasteiger partial charge in [0.15, 0.2) is 6.29 Å². The smallest absolute Gasteiger partial charge is 0.405 e. The van der Waals surface area contributed by atoms with Gasteiger partial charge in [-0.25, -0.2) is 9.18 Å². The van der Waals surface area contributed by atoms with Crippen LogP contribution in [0.1, 0.15) is 30.4 Å². The summed E-state index contributed by atoms with van der Waals surface area (Å²) in [5.41, 5.74) is 1.87. The highest BCUT2D eigenvalue weighted by Gasteiger charge is 2.63. The third-order valence-corrected chi connectivity index (χ3v) is 5.76. The van der Waals surface area contributed by atoms with Crippen molar-refractivity contribution < 1.29 is 19.1 Å². The van der Waals surface area contributed by atoms with E-state index in [2.05, 4.69) is 5.32 Å². The Morgan fingerprint density at radius 2 is 1.76 bits per heavy atom. The molecule has 1 spiro atoms. The van der Waals surface area contributed by atoms with Crippen molar-refractivity contribution in [1.82, 2.24) is 5.32 Å². The summed E-state index contributed by atoms with van der Waals surface area (Å²) in [6, 6.07) is 11.9. The predicted molar refractivity (Wildman–Crippen MR) is 90.7 cm³/mol. The first kappa shape index (κ1) is 15.8. The Labute approximate surface area is 144 Å². The summed E-state index contributed by atoms with van der Waals surface area (Å²) >= 11 is 0. The largest absolute Gasteiger partial charge is 0.465 e. The molecule has 2 aliphatic carbocycles. The number of hydrogen-bond acceptors (Lipinski definition) is 2. The number of amides is 1. The molecule has 4 nitrogen and oxygen atoms in total. The van der Waals surface area contributed by atoms with E-state index in [1.54, 1.807) is 12.1 Å². The van der Waals surface area contributed by atoms with E-state index in [1.165, 1.54) is 12.1 Å². The number of aldehydes is 1. The van der Waals surface area contributed by atoms with Crippen LogP contribution in [0.15, 0.2) is 42.5 Å². The van der Waals surface area contributed by atoms with Crippen LogP contribution in [-0.4, -0.2) is 17.5 Å². The van der Waals surface area contributed by atoms with Crippen molar-refractivity contribution in [1.29, 1.82) is 0 Å². The van der Waals surface area contributed by atoms with Crippen molar-refractivity contribution in [3.63, 3.8) is 0 Å². The second kappa shape index (κ2) is 5.41. The van der Waals surface area contributed by atoms with Gasteiger partial charge < -0.3 is 15.2 Å². The zero-order valence-corrected chi connectivity index (χ0v) is 13.6. The van der Waals surface area contributed by atoms with Gasteiger partial charge in [0.05, 0.1) is 0 Å². The van der Waals surface area contributed by atoms with Gasteiger partial charge in [0.2, 0.25) is 0 Å². The number of benzene rings is 2. The molecule has 0 heterocycles. The summed E-state index contributed by atoms with van der Waals surface area (Å²) in [4.78, 5) is 23.6. The molecule has 0 aliphatic heterocycles. The zero-order chi connectivity index (χ0) is 17.7. The van der Waals surface area contributed by atoms with Gasteiger partial charge in [-0.05, 0) is 66.1 Å². The Morgan fingerprint density at radius 3 is 2.36 bits per heavy atom. The number of aryl methyl sites for hydroxylation is 1. The molecule has 1 fully saturated rings. The van der Waals surface area contributed by atoms with Gasteiger partial charge in [-0.1, -0.05) is 24.3 Å². The Kier molecular flexibility index (Phi) is 3.42. The average molecular weight is 339 g/mol. The van der Waals surface area contributed by atoms with Crippen LogP contribution in [0.5, 0.6) is 0 Å². The normalized spacial score (nSPS) is 22.9. The number of hydrogen-bond donors (Lipinski definition) is 2. The maximum Gasteiger partial charge on any atom is 0.405 e.